The molecule has 1 amide bonds. The van der Waals surface area contributed by atoms with Crippen molar-refractivity contribution in [1.82, 2.24) is 9.47 Å². The molecule has 0 spiro atoms. The number of piperidine rings is 1. The second-order valence-electron chi connectivity index (χ2n) is 6.87. The summed E-state index contributed by atoms with van der Waals surface area (Å²) in [5.74, 6) is 0.349. The Hall–Kier alpha value is -2.24. The first-order chi connectivity index (χ1) is 11.9. The highest BCUT2D eigenvalue weighted by Gasteiger charge is 2.30. The summed E-state index contributed by atoms with van der Waals surface area (Å²) in [6, 6.07) is 3.96. The molecule has 1 saturated heterocycles. The van der Waals surface area contributed by atoms with Crippen LogP contribution in [0.5, 0.6) is 0 Å². The first-order valence-electron chi connectivity index (χ1n) is 9.00. The van der Waals surface area contributed by atoms with Gasteiger partial charge in [-0.05, 0) is 47.0 Å². The Morgan fingerprint density at radius 1 is 1.24 bits per heavy atom. The van der Waals surface area contributed by atoms with Gasteiger partial charge >= 0.3 is 5.97 Å². The number of esters is 1. The van der Waals surface area contributed by atoms with E-state index in [-0.39, 0.29) is 24.5 Å². The molecule has 2 aromatic rings. The Morgan fingerprint density at radius 3 is 2.56 bits per heavy atom. The third-order valence-electron chi connectivity index (χ3n) is 4.97. The predicted octanol–water partition coefficient (Wildman–Crippen LogP) is 3.51. The zero-order valence-electron chi connectivity index (χ0n) is 15.4. The monoisotopic (exact) mass is 346 g/mol. The molecule has 0 N–H and O–H groups in total. The molecule has 3 rings (SSSR count). The van der Waals surface area contributed by atoms with Crippen molar-refractivity contribution >= 4 is 23.0 Å². The van der Waals surface area contributed by atoms with Crippen LogP contribution in [0, 0.1) is 6.92 Å². The second-order valence-corrected chi connectivity index (χ2v) is 6.87. The Kier molecular flexibility index (Phi) is 4.88. The van der Waals surface area contributed by atoms with Crippen LogP contribution in [0.15, 0.2) is 16.5 Å². The lowest BCUT2D eigenvalue weighted by molar-refractivity contribution is -0.137. The summed E-state index contributed by atoms with van der Waals surface area (Å²) >= 11 is 0. The van der Waals surface area contributed by atoms with Gasteiger partial charge in [0.25, 0.3) is 0 Å². The van der Waals surface area contributed by atoms with E-state index in [1.165, 1.54) is 0 Å². The van der Waals surface area contributed by atoms with Crippen LogP contribution in [0.3, 0.4) is 0 Å². The van der Waals surface area contributed by atoms with E-state index in [2.05, 4.69) is 13.8 Å². The third kappa shape index (κ3) is 3.30. The molecule has 2 atom stereocenters. The normalized spacial score (nSPS) is 20.9. The van der Waals surface area contributed by atoms with E-state index in [9.17, 15) is 9.59 Å². The van der Waals surface area contributed by atoms with E-state index in [4.69, 9.17) is 9.15 Å². The summed E-state index contributed by atoms with van der Waals surface area (Å²) in [4.78, 5) is 27.2. The number of aryl methyl sites for hydroxylation is 1. The zero-order valence-corrected chi connectivity index (χ0v) is 15.4. The molecule has 6 nitrogen and oxygen atoms in total. The van der Waals surface area contributed by atoms with Gasteiger partial charge < -0.3 is 18.6 Å². The fraction of sp³-hybridized carbons (Fsp3) is 0.579. The van der Waals surface area contributed by atoms with E-state index < -0.39 is 5.97 Å². The maximum Gasteiger partial charge on any atom is 0.355 e. The number of nitrogens with zero attached hydrogens (tertiary/aromatic N) is 2. The van der Waals surface area contributed by atoms with Gasteiger partial charge in [0.15, 0.2) is 5.58 Å². The highest BCUT2D eigenvalue weighted by Crippen LogP contribution is 2.27. The van der Waals surface area contributed by atoms with Gasteiger partial charge in [0, 0.05) is 24.2 Å². The maximum absolute atomic E-state index is 13.0. The summed E-state index contributed by atoms with van der Waals surface area (Å²) in [6.07, 6.45) is 3.19. The number of likely N-dealkylation sites (tertiary alicyclic amines) is 1. The number of rotatable bonds is 4. The van der Waals surface area contributed by atoms with Crippen LogP contribution < -0.4 is 0 Å². The summed E-state index contributed by atoms with van der Waals surface area (Å²) in [5.41, 5.74) is 1.72. The molecule has 1 aliphatic heterocycles. The molecule has 0 aliphatic carbocycles. The fourth-order valence-corrected chi connectivity index (χ4v) is 3.84. The quantitative estimate of drug-likeness (QED) is 0.795. The standard InChI is InChI=1S/C19H26N2O4/c1-5-24-19(23)16-10-17-15(9-14(4)25-17)20(16)11-18(22)21-12(2)7-6-8-13(21)3/h9-10,12-13H,5-8,11H2,1-4H3/t12-,13-/m0/s1. The van der Waals surface area contributed by atoms with Crippen molar-refractivity contribution in [1.29, 1.82) is 0 Å². The van der Waals surface area contributed by atoms with Crippen LogP contribution in [0.25, 0.3) is 11.1 Å². The van der Waals surface area contributed by atoms with Crippen LogP contribution >= 0.6 is 0 Å². The number of furan rings is 1. The summed E-state index contributed by atoms with van der Waals surface area (Å²) in [5, 5.41) is 0. The number of amides is 1. The number of aromatic nitrogens is 1. The molecule has 1 fully saturated rings. The highest BCUT2D eigenvalue weighted by atomic mass is 16.5. The molecular weight excluding hydrogens is 320 g/mol. The van der Waals surface area contributed by atoms with E-state index in [0.29, 0.717) is 17.9 Å². The van der Waals surface area contributed by atoms with Crippen LogP contribution in [-0.4, -0.2) is 40.0 Å². The first kappa shape index (κ1) is 17.6. The average Bonchev–Trinajstić information content (AvgIpc) is 3.05. The molecule has 0 aromatic carbocycles. The number of carbonyl (C=O) groups is 2. The van der Waals surface area contributed by atoms with Gasteiger partial charge in [0.1, 0.15) is 18.0 Å². The van der Waals surface area contributed by atoms with Gasteiger partial charge in [-0.3, -0.25) is 4.79 Å². The molecule has 1 aliphatic rings. The van der Waals surface area contributed by atoms with Crippen molar-refractivity contribution < 1.29 is 18.7 Å². The van der Waals surface area contributed by atoms with Gasteiger partial charge in [-0.25, -0.2) is 4.79 Å². The molecule has 136 valence electrons. The van der Waals surface area contributed by atoms with E-state index >= 15 is 0 Å². The van der Waals surface area contributed by atoms with Crippen molar-refractivity contribution in [2.45, 2.75) is 65.6 Å². The minimum absolute atomic E-state index is 0.0293. The van der Waals surface area contributed by atoms with Crippen molar-refractivity contribution in [3.8, 4) is 0 Å². The van der Waals surface area contributed by atoms with Crippen molar-refractivity contribution in [3.05, 3.63) is 23.6 Å². The van der Waals surface area contributed by atoms with Gasteiger partial charge in [0.05, 0.1) is 12.1 Å². The maximum atomic E-state index is 13.0. The van der Waals surface area contributed by atoms with E-state index in [1.807, 2.05) is 17.9 Å². The topological polar surface area (TPSA) is 64.7 Å². The lowest BCUT2D eigenvalue weighted by Crippen LogP contribution is -2.48. The third-order valence-corrected chi connectivity index (χ3v) is 4.97. The number of carbonyl (C=O) groups excluding carboxylic acids is 2. The SMILES string of the molecule is CCOC(=O)c1cc2oc(C)cc2n1CC(=O)N1[C@@H](C)CCC[C@@H]1C. The molecule has 0 saturated carbocycles. The zero-order chi connectivity index (χ0) is 18.1. The highest BCUT2D eigenvalue weighted by molar-refractivity contribution is 5.95. The number of hydrogen-bond acceptors (Lipinski definition) is 4. The van der Waals surface area contributed by atoms with Gasteiger partial charge in [-0.1, -0.05) is 0 Å². The Balaban J connectivity index is 1.94. The minimum atomic E-state index is -0.431. The Bertz CT molecular complexity index is 779. The van der Waals surface area contributed by atoms with Gasteiger partial charge in [0.2, 0.25) is 5.91 Å². The van der Waals surface area contributed by atoms with Gasteiger partial charge in [-0.2, -0.15) is 0 Å². The summed E-state index contributed by atoms with van der Waals surface area (Å²) in [6.45, 7) is 8.20. The Labute approximate surface area is 147 Å². The lowest BCUT2D eigenvalue weighted by atomic mass is 9.97. The molecular formula is C19H26N2O4. The molecule has 6 heteroatoms. The van der Waals surface area contributed by atoms with Crippen LogP contribution in [0.1, 0.15) is 56.3 Å². The van der Waals surface area contributed by atoms with Gasteiger partial charge in [-0.15, -0.1) is 0 Å². The predicted molar refractivity (Wildman–Crippen MR) is 94.5 cm³/mol. The molecule has 3 heterocycles. The summed E-state index contributed by atoms with van der Waals surface area (Å²) < 4.78 is 12.5. The van der Waals surface area contributed by atoms with Crippen LogP contribution in [0.4, 0.5) is 0 Å². The summed E-state index contributed by atoms with van der Waals surface area (Å²) in [7, 11) is 0. The first-order valence-corrected chi connectivity index (χ1v) is 9.00. The largest absolute Gasteiger partial charge is 0.461 e. The number of fused-ring (bicyclic) bond motifs is 1. The van der Waals surface area contributed by atoms with Crippen LogP contribution in [0.2, 0.25) is 0 Å². The van der Waals surface area contributed by atoms with Crippen molar-refractivity contribution in [2.24, 2.45) is 0 Å². The molecule has 25 heavy (non-hydrogen) atoms. The smallest absolute Gasteiger partial charge is 0.355 e. The lowest BCUT2D eigenvalue weighted by Gasteiger charge is -2.39. The number of ether oxygens (including phenoxy) is 1. The van der Waals surface area contributed by atoms with Crippen molar-refractivity contribution in [2.75, 3.05) is 6.61 Å². The van der Waals surface area contributed by atoms with Crippen LogP contribution in [-0.2, 0) is 16.1 Å². The number of hydrogen-bond donors (Lipinski definition) is 0. The molecule has 2 aromatic heterocycles. The fourth-order valence-electron chi connectivity index (χ4n) is 3.84. The Morgan fingerprint density at radius 2 is 1.92 bits per heavy atom. The van der Waals surface area contributed by atoms with E-state index in [0.717, 1.165) is 30.5 Å². The molecule has 0 bridgehead atoms. The minimum Gasteiger partial charge on any atom is -0.461 e. The second kappa shape index (κ2) is 6.94. The van der Waals surface area contributed by atoms with E-state index in [1.54, 1.807) is 17.6 Å². The molecule has 0 unspecified atom stereocenters. The van der Waals surface area contributed by atoms with Crippen molar-refractivity contribution in [3.63, 3.8) is 0 Å². The average molecular weight is 346 g/mol. The molecule has 0 radical (unpaired) electrons.